The molecule has 0 heterocycles. The fourth-order valence-corrected chi connectivity index (χ4v) is 13.4. The van der Waals surface area contributed by atoms with Gasteiger partial charge in [0.2, 0.25) is 0 Å². The third-order valence-corrected chi connectivity index (χ3v) is 18.6. The molecule has 2 fully saturated rings. The molecule has 0 atom stereocenters. The Morgan fingerprint density at radius 1 is 0.355 bits per heavy atom. The number of benzene rings is 8. The molecule has 0 spiro atoms. The predicted octanol–water partition coefficient (Wildman–Crippen LogP) is 16.7. The number of para-hydroxylation sites is 2. The molecule has 2 aliphatic carbocycles. The highest BCUT2D eigenvalue weighted by Crippen LogP contribution is 2.53. The van der Waals surface area contributed by atoms with E-state index >= 15 is 0 Å². The van der Waals surface area contributed by atoms with Gasteiger partial charge in [0, 0.05) is 33.5 Å². The highest BCUT2D eigenvalue weighted by molar-refractivity contribution is 6.89. The van der Waals surface area contributed by atoms with E-state index in [0.717, 1.165) is 0 Å². The van der Waals surface area contributed by atoms with Crippen molar-refractivity contribution >= 4 is 93.0 Å². The second-order valence-corrected chi connectivity index (χ2v) is 30.8. The van der Waals surface area contributed by atoms with Crippen molar-refractivity contribution in [3.05, 3.63) is 157 Å². The van der Waals surface area contributed by atoms with Crippen LogP contribution in [0.25, 0.3) is 32.3 Å². The van der Waals surface area contributed by atoms with E-state index in [-0.39, 0.29) is 0 Å². The molecule has 2 nitrogen and oxygen atoms in total. The maximum atomic E-state index is 2.62. The fraction of sp³-hybridized carbons (Fsp3) is 0.310. The lowest BCUT2D eigenvalue weighted by atomic mass is 9.77. The minimum absolute atomic E-state index is 0.543. The summed E-state index contributed by atoms with van der Waals surface area (Å²) in [6, 6.07) is 56.8. The SMILES string of the molecule is C[Si](C)(C)c1ccc(N(c2ccccc2)c2cc(C3CCCCC3)c3ccc4c(N(c5ccccc5)c5ccc([Si](C)(C)C)cc5)cc(C5CCCCC5)c5ccc2c3c54)cc1. The summed E-state index contributed by atoms with van der Waals surface area (Å²) in [4.78, 5) is 5.15. The molecule has 0 radical (unpaired) electrons. The highest BCUT2D eigenvalue weighted by atomic mass is 28.3. The molecule has 0 N–H and O–H groups in total. The quantitative estimate of drug-likeness (QED) is 0.0999. The van der Waals surface area contributed by atoms with E-state index < -0.39 is 16.1 Å². The average molecular weight is 845 g/mol. The lowest BCUT2D eigenvalue weighted by Gasteiger charge is -2.33. The van der Waals surface area contributed by atoms with Gasteiger partial charge < -0.3 is 9.80 Å². The molecule has 2 saturated carbocycles. The molecule has 0 saturated heterocycles. The van der Waals surface area contributed by atoms with Gasteiger partial charge in [-0.25, -0.2) is 0 Å². The normalized spacial score (nSPS) is 15.8. The van der Waals surface area contributed by atoms with Crippen LogP contribution in [-0.2, 0) is 0 Å². The summed E-state index contributed by atoms with van der Waals surface area (Å²) in [6.07, 6.45) is 12.9. The standard InChI is InChI=1S/C58H64N2Si2/c1-61(2,3)47-31-27-45(28-32-47)59(43-23-15-9-16-24-43)55-39-53(41-19-11-7-12-20-41)49-36-38-52-56(40-54(42-21-13-8-14-22-42)50-35-37-51(55)57(49)58(50)52)60(44-25-17-10-18-26-44)46-29-33-48(34-30-46)62(4,5)6/h9-10,15-18,23-42H,7-8,11-14,19-22H2,1-6H3. The first-order valence-corrected chi connectivity index (χ1v) is 30.7. The third kappa shape index (κ3) is 7.58. The second-order valence-electron chi connectivity index (χ2n) is 20.6. The Hall–Kier alpha value is -5.17. The third-order valence-electron chi connectivity index (χ3n) is 14.5. The first-order valence-electron chi connectivity index (χ1n) is 23.7. The van der Waals surface area contributed by atoms with E-state index in [1.165, 1.54) is 152 Å². The van der Waals surface area contributed by atoms with Crippen LogP contribution in [0.2, 0.25) is 39.3 Å². The van der Waals surface area contributed by atoms with E-state index in [9.17, 15) is 0 Å². The van der Waals surface area contributed by atoms with Crippen molar-refractivity contribution in [2.75, 3.05) is 9.80 Å². The Labute approximate surface area is 373 Å². The van der Waals surface area contributed by atoms with Crippen molar-refractivity contribution in [1.29, 1.82) is 0 Å². The van der Waals surface area contributed by atoms with Crippen molar-refractivity contribution in [3.63, 3.8) is 0 Å². The van der Waals surface area contributed by atoms with Gasteiger partial charge >= 0.3 is 0 Å². The van der Waals surface area contributed by atoms with Gasteiger partial charge in [-0.2, -0.15) is 0 Å². The molecule has 8 aromatic rings. The van der Waals surface area contributed by atoms with Crippen LogP contribution in [0.1, 0.15) is 87.2 Å². The molecule has 0 aliphatic heterocycles. The van der Waals surface area contributed by atoms with Gasteiger partial charge in [-0.1, -0.05) is 173 Å². The molecule has 0 bridgehead atoms. The monoisotopic (exact) mass is 844 g/mol. The predicted molar refractivity (Wildman–Crippen MR) is 277 cm³/mol. The van der Waals surface area contributed by atoms with Crippen LogP contribution in [0.15, 0.2) is 146 Å². The van der Waals surface area contributed by atoms with Gasteiger partial charge in [-0.3, -0.25) is 0 Å². The molecule has 8 aromatic carbocycles. The molecule has 0 aromatic heterocycles. The summed E-state index contributed by atoms with van der Waals surface area (Å²) >= 11 is 0. The average Bonchev–Trinajstić information content (AvgIpc) is 3.30. The minimum Gasteiger partial charge on any atom is -0.310 e. The zero-order valence-corrected chi connectivity index (χ0v) is 40.0. The maximum absolute atomic E-state index is 2.62. The van der Waals surface area contributed by atoms with E-state index in [1.807, 2.05) is 0 Å². The molecule has 4 heteroatoms. The summed E-state index contributed by atoms with van der Waals surface area (Å²) in [7, 11) is -2.97. The first kappa shape index (κ1) is 40.9. The highest BCUT2D eigenvalue weighted by Gasteiger charge is 2.30. The van der Waals surface area contributed by atoms with Crippen molar-refractivity contribution < 1.29 is 0 Å². The van der Waals surface area contributed by atoms with E-state index in [1.54, 1.807) is 0 Å². The smallest absolute Gasteiger partial charge is 0.0775 e. The van der Waals surface area contributed by atoms with Gasteiger partial charge in [0.25, 0.3) is 0 Å². The van der Waals surface area contributed by atoms with Gasteiger partial charge in [-0.15, -0.1) is 0 Å². The lowest BCUT2D eigenvalue weighted by molar-refractivity contribution is 0.445. The Morgan fingerprint density at radius 2 is 0.677 bits per heavy atom. The molecular formula is C58H64N2Si2. The summed E-state index contributed by atoms with van der Waals surface area (Å²) in [6.45, 7) is 14.7. The molecule has 0 unspecified atom stereocenters. The van der Waals surface area contributed by atoms with Gasteiger partial charge in [0.15, 0.2) is 0 Å². The zero-order valence-electron chi connectivity index (χ0n) is 38.0. The van der Waals surface area contributed by atoms with Crippen molar-refractivity contribution in [3.8, 4) is 0 Å². The van der Waals surface area contributed by atoms with E-state index in [0.29, 0.717) is 11.8 Å². The minimum atomic E-state index is -1.49. The molecule has 0 amide bonds. The summed E-state index contributed by atoms with van der Waals surface area (Å²) in [5.74, 6) is 1.09. The second kappa shape index (κ2) is 16.5. The van der Waals surface area contributed by atoms with Crippen LogP contribution in [0.3, 0.4) is 0 Å². The van der Waals surface area contributed by atoms with Gasteiger partial charge in [0.1, 0.15) is 0 Å². The Kier molecular flexibility index (Phi) is 10.9. The molecule has 2 aliphatic rings. The Balaban J connectivity index is 1.31. The number of rotatable bonds is 10. The summed E-state index contributed by atoms with van der Waals surface area (Å²) in [5, 5.41) is 11.5. The Bertz CT molecular complexity index is 2610. The van der Waals surface area contributed by atoms with E-state index in [4.69, 9.17) is 0 Å². The fourth-order valence-electron chi connectivity index (χ4n) is 11.1. The molecular weight excluding hydrogens is 781 g/mol. The van der Waals surface area contributed by atoms with Crippen LogP contribution in [0, 0.1) is 0 Å². The van der Waals surface area contributed by atoms with Crippen molar-refractivity contribution in [1.82, 2.24) is 0 Å². The van der Waals surface area contributed by atoms with Gasteiger partial charge in [0.05, 0.1) is 27.5 Å². The molecule has 10 rings (SSSR count). The first-order chi connectivity index (χ1) is 30.0. The zero-order chi connectivity index (χ0) is 42.6. The van der Waals surface area contributed by atoms with Crippen molar-refractivity contribution in [2.45, 2.75) is 115 Å². The van der Waals surface area contributed by atoms with Crippen LogP contribution in [-0.4, -0.2) is 16.1 Å². The lowest BCUT2D eigenvalue weighted by Crippen LogP contribution is -2.37. The largest absolute Gasteiger partial charge is 0.310 e. The van der Waals surface area contributed by atoms with Crippen LogP contribution in [0.4, 0.5) is 34.1 Å². The summed E-state index contributed by atoms with van der Waals surface area (Å²) in [5.41, 5.74) is 10.5. The van der Waals surface area contributed by atoms with Crippen LogP contribution in [0.5, 0.6) is 0 Å². The number of hydrogen-bond donors (Lipinski definition) is 0. The number of anilines is 6. The number of hydrogen-bond acceptors (Lipinski definition) is 2. The van der Waals surface area contributed by atoms with E-state index in [2.05, 4.69) is 195 Å². The Morgan fingerprint density at radius 3 is 1.02 bits per heavy atom. The summed E-state index contributed by atoms with van der Waals surface area (Å²) < 4.78 is 0. The van der Waals surface area contributed by atoms with Crippen LogP contribution < -0.4 is 20.2 Å². The van der Waals surface area contributed by atoms with Gasteiger partial charge in [-0.05, 0) is 131 Å². The topological polar surface area (TPSA) is 6.48 Å². The molecule has 62 heavy (non-hydrogen) atoms. The van der Waals surface area contributed by atoms with Crippen LogP contribution >= 0.6 is 0 Å². The molecule has 314 valence electrons. The van der Waals surface area contributed by atoms with Crippen molar-refractivity contribution in [2.24, 2.45) is 0 Å². The maximum Gasteiger partial charge on any atom is 0.0775 e. The number of nitrogens with zero attached hydrogens (tertiary/aromatic N) is 2.